The van der Waals surface area contributed by atoms with Gasteiger partial charge in [-0.1, -0.05) is 11.6 Å². The average Bonchev–Trinajstić information content (AvgIpc) is 2.61. The molecule has 0 radical (unpaired) electrons. The predicted molar refractivity (Wildman–Crippen MR) is 61.2 cm³/mol. The van der Waals surface area contributed by atoms with Gasteiger partial charge >= 0.3 is 0 Å². The van der Waals surface area contributed by atoms with E-state index in [9.17, 15) is 4.39 Å². The van der Waals surface area contributed by atoms with E-state index in [1.54, 1.807) is 0 Å². The number of nitrogens with zero attached hydrogens (tertiary/aromatic N) is 1. The van der Waals surface area contributed by atoms with Crippen molar-refractivity contribution in [1.29, 1.82) is 0 Å². The van der Waals surface area contributed by atoms with E-state index in [0.29, 0.717) is 17.0 Å². The summed E-state index contributed by atoms with van der Waals surface area (Å²) in [6.45, 7) is 0.897. The Labute approximate surface area is 97.6 Å². The van der Waals surface area contributed by atoms with Crippen LogP contribution in [0.5, 0.6) is 0 Å². The second kappa shape index (κ2) is 4.80. The number of oxazole rings is 1. The second-order valence-corrected chi connectivity index (χ2v) is 3.96. The highest BCUT2D eigenvalue weighted by Crippen LogP contribution is 2.23. The molecule has 1 aromatic heterocycles. The molecule has 2 aromatic rings. The Kier molecular flexibility index (Phi) is 3.41. The van der Waals surface area contributed by atoms with Gasteiger partial charge in [0.15, 0.2) is 11.5 Å². The number of aryl methyl sites for hydroxylation is 1. The molecule has 0 saturated heterocycles. The molecular weight excluding hydrogens is 231 g/mol. The van der Waals surface area contributed by atoms with Crippen molar-refractivity contribution in [2.75, 3.05) is 13.6 Å². The van der Waals surface area contributed by atoms with E-state index in [2.05, 4.69) is 10.3 Å². The van der Waals surface area contributed by atoms with Crippen LogP contribution < -0.4 is 5.32 Å². The van der Waals surface area contributed by atoms with Crippen LogP contribution in [-0.2, 0) is 6.42 Å². The van der Waals surface area contributed by atoms with Crippen molar-refractivity contribution >= 4 is 22.7 Å². The standard InChI is InChI=1S/C11H12ClFN2O/c1-14-4-2-3-11-15-9-5-7(12)8(13)6-10(9)16-11/h5-6,14H,2-4H2,1H3. The molecule has 0 aliphatic carbocycles. The van der Waals surface area contributed by atoms with Crippen molar-refractivity contribution in [1.82, 2.24) is 10.3 Å². The first-order chi connectivity index (χ1) is 7.70. The van der Waals surface area contributed by atoms with Gasteiger partial charge in [0.25, 0.3) is 0 Å². The average molecular weight is 243 g/mol. The van der Waals surface area contributed by atoms with Crippen LogP contribution in [0.25, 0.3) is 11.1 Å². The first-order valence-electron chi connectivity index (χ1n) is 5.10. The molecule has 16 heavy (non-hydrogen) atoms. The molecule has 0 aliphatic heterocycles. The molecule has 1 aromatic carbocycles. The Morgan fingerprint density at radius 1 is 1.50 bits per heavy atom. The van der Waals surface area contributed by atoms with Crippen LogP contribution in [0, 0.1) is 5.82 Å². The van der Waals surface area contributed by atoms with E-state index in [0.717, 1.165) is 19.4 Å². The SMILES string of the molecule is CNCCCc1nc2cc(Cl)c(F)cc2o1. The zero-order valence-corrected chi connectivity index (χ0v) is 9.64. The summed E-state index contributed by atoms with van der Waals surface area (Å²) in [4.78, 5) is 4.24. The molecule has 3 nitrogen and oxygen atoms in total. The molecule has 0 saturated carbocycles. The van der Waals surface area contributed by atoms with Crippen molar-refractivity contribution in [2.45, 2.75) is 12.8 Å². The number of nitrogens with one attached hydrogen (secondary N) is 1. The maximum atomic E-state index is 13.1. The molecule has 0 aliphatic rings. The minimum Gasteiger partial charge on any atom is -0.441 e. The summed E-state index contributed by atoms with van der Waals surface area (Å²) in [5.74, 6) is 0.138. The Hall–Kier alpha value is -1.13. The number of aromatic nitrogens is 1. The summed E-state index contributed by atoms with van der Waals surface area (Å²) in [6.07, 6.45) is 1.66. The summed E-state index contributed by atoms with van der Waals surface area (Å²) >= 11 is 5.66. The van der Waals surface area contributed by atoms with E-state index < -0.39 is 5.82 Å². The Morgan fingerprint density at radius 2 is 2.31 bits per heavy atom. The van der Waals surface area contributed by atoms with E-state index in [1.165, 1.54) is 12.1 Å². The van der Waals surface area contributed by atoms with Crippen molar-refractivity contribution < 1.29 is 8.81 Å². The molecule has 0 spiro atoms. The van der Waals surface area contributed by atoms with Gasteiger partial charge in [0.1, 0.15) is 11.3 Å². The van der Waals surface area contributed by atoms with Crippen LogP contribution in [0.1, 0.15) is 12.3 Å². The van der Waals surface area contributed by atoms with Gasteiger partial charge in [-0.2, -0.15) is 0 Å². The van der Waals surface area contributed by atoms with E-state index >= 15 is 0 Å². The molecule has 0 bridgehead atoms. The van der Waals surface area contributed by atoms with Gasteiger partial charge in [0, 0.05) is 12.5 Å². The van der Waals surface area contributed by atoms with Gasteiger partial charge in [0.05, 0.1) is 5.02 Å². The largest absolute Gasteiger partial charge is 0.441 e. The Morgan fingerprint density at radius 3 is 3.06 bits per heavy atom. The lowest BCUT2D eigenvalue weighted by molar-refractivity contribution is 0.513. The Balaban J connectivity index is 2.23. The van der Waals surface area contributed by atoms with Gasteiger partial charge < -0.3 is 9.73 Å². The highest BCUT2D eigenvalue weighted by atomic mass is 35.5. The third-order valence-corrected chi connectivity index (χ3v) is 2.58. The van der Waals surface area contributed by atoms with Gasteiger partial charge in [-0.05, 0) is 26.1 Å². The molecule has 0 atom stereocenters. The smallest absolute Gasteiger partial charge is 0.195 e. The van der Waals surface area contributed by atoms with Gasteiger partial charge in [-0.15, -0.1) is 0 Å². The number of rotatable bonds is 4. The van der Waals surface area contributed by atoms with Crippen molar-refractivity contribution in [3.63, 3.8) is 0 Å². The minimum atomic E-state index is -0.480. The molecule has 1 N–H and O–H groups in total. The maximum absolute atomic E-state index is 13.1. The molecule has 2 rings (SSSR count). The molecule has 86 valence electrons. The highest BCUT2D eigenvalue weighted by molar-refractivity contribution is 6.31. The number of benzene rings is 1. The minimum absolute atomic E-state index is 0.0718. The zero-order chi connectivity index (χ0) is 11.5. The number of halogens is 2. The lowest BCUT2D eigenvalue weighted by atomic mass is 10.3. The lowest BCUT2D eigenvalue weighted by Crippen LogP contribution is -2.08. The zero-order valence-electron chi connectivity index (χ0n) is 8.89. The lowest BCUT2D eigenvalue weighted by Gasteiger charge is -1.94. The molecule has 0 unspecified atom stereocenters. The Bertz CT molecular complexity index is 459. The summed E-state index contributed by atoms with van der Waals surface area (Å²) in [5.41, 5.74) is 1.05. The topological polar surface area (TPSA) is 38.1 Å². The van der Waals surface area contributed by atoms with Crippen LogP contribution in [-0.4, -0.2) is 18.6 Å². The van der Waals surface area contributed by atoms with Crippen LogP contribution in [0.3, 0.4) is 0 Å². The highest BCUT2D eigenvalue weighted by Gasteiger charge is 2.09. The van der Waals surface area contributed by atoms with Crippen molar-refractivity contribution in [3.8, 4) is 0 Å². The third kappa shape index (κ3) is 2.33. The number of hydrogen-bond acceptors (Lipinski definition) is 3. The summed E-state index contributed by atoms with van der Waals surface area (Å²) in [7, 11) is 1.89. The van der Waals surface area contributed by atoms with Crippen LogP contribution >= 0.6 is 11.6 Å². The fourth-order valence-electron chi connectivity index (χ4n) is 1.49. The number of fused-ring (bicyclic) bond motifs is 1. The first kappa shape index (κ1) is 11.4. The van der Waals surface area contributed by atoms with Crippen molar-refractivity contribution in [2.24, 2.45) is 0 Å². The monoisotopic (exact) mass is 242 g/mol. The van der Waals surface area contributed by atoms with Crippen LogP contribution in [0.15, 0.2) is 16.5 Å². The maximum Gasteiger partial charge on any atom is 0.195 e. The van der Waals surface area contributed by atoms with Gasteiger partial charge in [0.2, 0.25) is 0 Å². The van der Waals surface area contributed by atoms with E-state index in [4.69, 9.17) is 16.0 Å². The normalized spacial score (nSPS) is 11.2. The predicted octanol–water partition coefficient (Wildman–Crippen LogP) is 2.77. The summed E-state index contributed by atoms with van der Waals surface area (Å²) in [6, 6.07) is 2.75. The van der Waals surface area contributed by atoms with Crippen molar-refractivity contribution in [3.05, 3.63) is 28.9 Å². The molecule has 1 heterocycles. The molecule has 5 heteroatoms. The summed E-state index contributed by atoms with van der Waals surface area (Å²) in [5, 5.41) is 3.11. The molecular formula is C11H12ClFN2O. The van der Waals surface area contributed by atoms with Crippen LogP contribution in [0.4, 0.5) is 4.39 Å². The third-order valence-electron chi connectivity index (χ3n) is 2.29. The number of hydrogen-bond donors (Lipinski definition) is 1. The molecule has 0 fully saturated rings. The first-order valence-corrected chi connectivity index (χ1v) is 5.47. The quantitative estimate of drug-likeness (QED) is 0.838. The van der Waals surface area contributed by atoms with Gasteiger partial charge in [-0.3, -0.25) is 0 Å². The second-order valence-electron chi connectivity index (χ2n) is 3.55. The van der Waals surface area contributed by atoms with E-state index in [1.807, 2.05) is 7.05 Å². The molecule has 0 amide bonds. The fraction of sp³-hybridized carbons (Fsp3) is 0.364. The van der Waals surface area contributed by atoms with E-state index in [-0.39, 0.29) is 5.02 Å². The summed E-state index contributed by atoms with van der Waals surface area (Å²) < 4.78 is 18.5. The van der Waals surface area contributed by atoms with Gasteiger partial charge in [-0.25, -0.2) is 9.37 Å². The van der Waals surface area contributed by atoms with Crippen LogP contribution in [0.2, 0.25) is 5.02 Å². The fourth-order valence-corrected chi connectivity index (χ4v) is 1.65.